The third-order valence-corrected chi connectivity index (χ3v) is 2.58. The predicted octanol–water partition coefficient (Wildman–Crippen LogP) is 0.543. The molecule has 0 aliphatic heterocycles. The summed E-state index contributed by atoms with van der Waals surface area (Å²) in [6, 6.07) is 3.11. The Kier molecular flexibility index (Phi) is 4.25. The van der Waals surface area contributed by atoms with Gasteiger partial charge in [-0.25, -0.2) is 0 Å². The second kappa shape index (κ2) is 5.32. The van der Waals surface area contributed by atoms with E-state index in [2.05, 4.69) is 4.18 Å². The first kappa shape index (κ1) is 14.4. The average molecular weight is 277 g/mol. The van der Waals surface area contributed by atoms with Gasteiger partial charge in [-0.05, 0) is 30.5 Å². The molecule has 1 aromatic rings. The molecule has 8 heteroatoms. The molecule has 1 rings (SSSR count). The highest BCUT2D eigenvalue weighted by atomic mass is 32.3. The van der Waals surface area contributed by atoms with Gasteiger partial charge in [-0.2, -0.15) is 8.42 Å². The van der Waals surface area contributed by atoms with Gasteiger partial charge in [-0.15, -0.1) is 0 Å². The number of halogens is 1. The number of carboxylic acid groups (broad SMARTS) is 1. The van der Waals surface area contributed by atoms with Gasteiger partial charge >= 0.3 is 16.5 Å². The van der Waals surface area contributed by atoms with E-state index in [1.165, 1.54) is 25.1 Å². The topological polar surface area (TPSA) is 107 Å². The fourth-order valence-electron chi connectivity index (χ4n) is 1.38. The maximum atomic E-state index is 12.3. The Morgan fingerprint density at radius 1 is 1.56 bits per heavy atom. The first-order chi connectivity index (χ1) is 8.19. The molecule has 18 heavy (non-hydrogen) atoms. The first-order valence-electron chi connectivity index (χ1n) is 4.91. The van der Waals surface area contributed by atoms with E-state index in [0.29, 0.717) is 11.1 Å². The second-order valence-electron chi connectivity index (χ2n) is 3.73. The lowest BCUT2D eigenvalue weighted by Crippen LogP contribution is -2.32. The zero-order chi connectivity index (χ0) is 13.9. The Bertz CT molecular complexity index is 557. The fraction of sp³-hybridized carbons (Fsp3) is 0.300. The SMILES string of the molecule is Cc1cc(CC(N)C(=O)O)ccc1OS(=O)(=O)F. The summed E-state index contributed by atoms with van der Waals surface area (Å²) < 4.78 is 37.1. The predicted molar refractivity (Wildman–Crippen MR) is 61.2 cm³/mol. The van der Waals surface area contributed by atoms with E-state index in [0.717, 1.165) is 0 Å². The van der Waals surface area contributed by atoms with Crippen LogP contribution >= 0.6 is 0 Å². The van der Waals surface area contributed by atoms with Gasteiger partial charge in [0.2, 0.25) is 0 Å². The molecule has 0 aliphatic rings. The summed E-state index contributed by atoms with van der Waals surface area (Å²) in [7, 11) is -5.07. The van der Waals surface area contributed by atoms with Gasteiger partial charge in [0.25, 0.3) is 0 Å². The van der Waals surface area contributed by atoms with E-state index in [9.17, 15) is 17.1 Å². The molecule has 1 atom stereocenters. The van der Waals surface area contributed by atoms with Crippen LogP contribution in [-0.2, 0) is 21.7 Å². The van der Waals surface area contributed by atoms with Gasteiger partial charge in [0.15, 0.2) is 0 Å². The molecule has 0 heterocycles. The number of benzene rings is 1. The molecule has 0 spiro atoms. The maximum absolute atomic E-state index is 12.3. The van der Waals surface area contributed by atoms with Crippen LogP contribution in [0.3, 0.4) is 0 Å². The summed E-state index contributed by atoms with van der Waals surface area (Å²) in [5.41, 5.74) is 6.31. The highest BCUT2D eigenvalue weighted by Gasteiger charge is 2.15. The summed E-state index contributed by atoms with van der Waals surface area (Å²) in [4.78, 5) is 10.6. The van der Waals surface area contributed by atoms with Crippen molar-refractivity contribution in [3.05, 3.63) is 29.3 Å². The third kappa shape index (κ3) is 4.30. The quantitative estimate of drug-likeness (QED) is 0.761. The number of nitrogens with two attached hydrogens (primary N) is 1. The summed E-state index contributed by atoms with van der Waals surface area (Å²) in [5.74, 6) is -1.29. The van der Waals surface area contributed by atoms with Crippen molar-refractivity contribution < 1.29 is 26.4 Å². The molecular weight excluding hydrogens is 265 g/mol. The molecule has 0 amide bonds. The van der Waals surface area contributed by atoms with Crippen molar-refractivity contribution in [2.45, 2.75) is 19.4 Å². The van der Waals surface area contributed by atoms with E-state index in [-0.39, 0.29) is 12.2 Å². The van der Waals surface area contributed by atoms with E-state index in [1.54, 1.807) is 0 Å². The number of carbonyl (C=O) groups is 1. The van der Waals surface area contributed by atoms with Crippen LogP contribution in [-0.4, -0.2) is 25.5 Å². The van der Waals surface area contributed by atoms with Crippen LogP contribution in [0.25, 0.3) is 0 Å². The van der Waals surface area contributed by atoms with Crippen molar-refractivity contribution in [1.82, 2.24) is 0 Å². The van der Waals surface area contributed by atoms with Gasteiger partial charge in [0.05, 0.1) is 0 Å². The van der Waals surface area contributed by atoms with Crippen LogP contribution in [0.15, 0.2) is 18.2 Å². The molecular formula is C10H12FNO5S. The number of rotatable bonds is 5. The van der Waals surface area contributed by atoms with E-state index in [4.69, 9.17) is 10.8 Å². The normalized spacial score (nSPS) is 13.1. The molecule has 0 fully saturated rings. The number of carboxylic acids is 1. The molecule has 100 valence electrons. The Balaban J connectivity index is 2.89. The van der Waals surface area contributed by atoms with Gasteiger partial charge in [-0.3, -0.25) is 4.79 Å². The lowest BCUT2D eigenvalue weighted by atomic mass is 10.0. The van der Waals surface area contributed by atoms with Crippen molar-refractivity contribution in [2.24, 2.45) is 5.73 Å². The Hall–Kier alpha value is -1.67. The molecule has 0 saturated heterocycles. The van der Waals surface area contributed by atoms with Crippen LogP contribution < -0.4 is 9.92 Å². The second-order valence-corrected chi connectivity index (χ2v) is 4.68. The van der Waals surface area contributed by atoms with Crippen molar-refractivity contribution in [1.29, 1.82) is 0 Å². The van der Waals surface area contributed by atoms with E-state index < -0.39 is 22.5 Å². The summed E-state index contributed by atoms with van der Waals surface area (Å²) >= 11 is 0. The number of hydrogen-bond acceptors (Lipinski definition) is 5. The molecule has 0 radical (unpaired) electrons. The highest BCUT2D eigenvalue weighted by Crippen LogP contribution is 2.21. The minimum absolute atomic E-state index is 0.0822. The smallest absolute Gasteiger partial charge is 0.480 e. The van der Waals surface area contributed by atoms with Crippen molar-refractivity contribution >= 4 is 16.5 Å². The number of aliphatic carboxylic acids is 1. The molecule has 1 aromatic carbocycles. The van der Waals surface area contributed by atoms with Crippen LogP contribution in [0.5, 0.6) is 5.75 Å². The van der Waals surface area contributed by atoms with Crippen molar-refractivity contribution in [3.63, 3.8) is 0 Å². The lowest BCUT2D eigenvalue weighted by Gasteiger charge is -2.09. The maximum Gasteiger partial charge on any atom is 0.488 e. The monoisotopic (exact) mass is 277 g/mol. The van der Waals surface area contributed by atoms with Gasteiger partial charge in [0.1, 0.15) is 11.8 Å². The largest absolute Gasteiger partial charge is 0.488 e. The first-order valence-corrected chi connectivity index (χ1v) is 6.22. The third-order valence-electron chi connectivity index (χ3n) is 2.20. The molecule has 0 saturated carbocycles. The van der Waals surface area contributed by atoms with E-state index in [1.807, 2.05) is 0 Å². The minimum atomic E-state index is -5.07. The number of aryl methyl sites for hydroxylation is 1. The average Bonchev–Trinajstić information content (AvgIpc) is 2.20. The Morgan fingerprint density at radius 3 is 2.61 bits per heavy atom. The van der Waals surface area contributed by atoms with E-state index >= 15 is 0 Å². The van der Waals surface area contributed by atoms with Gasteiger partial charge < -0.3 is 15.0 Å². The van der Waals surface area contributed by atoms with Crippen molar-refractivity contribution in [3.8, 4) is 5.75 Å². The van der Waals surface area contributed by atoms with Crippen molar-refractivity contribution in [2.75, 3.05) is 0 Å². The fourth-order valence-corrected chi connectivity index (χ4v) is 1.78. The molecule has 6 nitrogen and oxygen atoms in total. The van der Waals surface area contributed by atoms with Crippen LogP contribution in [0.2, 0.25) is 0 Å². The Labute approximate surface area is 104 Å². The van der Waals surface area contributed by atoms with Crippen LogP contribution in [0, 0.1) is 6.92 Å². The number of hydrogen-bond donors (Lipinski definition) is 2. The highest BCUT2D eigenvalue weighted by molar-refractivity contribution is 7.81. The zero-order valence-electron chi connectivity index (χ0n) is 9.46. The summed E-state index contributed by atoms with van der Waals surface area (Å²) in [5, 5.41) is 8.64. The molecule has 0 aliphatic carbocycles. The molecule has 0 bridgehead atoms. The Morgan fingerprint density at radius 2 is 2.17 bits per heavy atom. The van der Waals surface area contributed by atoms with Gasteiger partial charge in [-0.1, -0.05) is 16.0 Å². The zero-order valence-corrected chi connectivity index (χ0v) is 10.3. The standard InChI is InChI=1S/C10H12FNO5S/c1-6-4-7(5-8(12)10(13)14)2-3-9(6)17-18(11,15)16/h2-4,8H,5,12H2,1H3,(H,13,14). The summed E-state index contributed by atoms with van der Waals surface area (Å²) in [6.45, 7) is 1.51. The van der Waals surface area contributed by atoms with Crippen LogP contribution in [0.1, 0.15) is 11.1 Å². The van der Waals surface area contributed by atoms with Gasteiger partial charge in [0, 0.05) is 0 Å². The summed E-state index contributed by atoms with van der Waals surface area (Å²) in [6.07, 6.45) is 0.0822. The minimum Gasteiger partial charge on any atom is -0.480 e. The molecule has 1 unspecified atom stereocenters. The van der Waals surface area contributed by atoms with Crippen LogP contribution in [0.4, 0.5) is 3.89 Å². The molecule has 3 N–H and O–H groups in total. The lowest BCUT2D eigenvalue weighted by molar-refractivity contribution is -0.138. The molecule has 0 aromatic heterocycles.